The van der Waals surface area contributed by atoms with Crippen molar-refractivity contribution in [2.75, 3.05) is 11.9 Å². The Labute approximate surface area is 113 Å². The summed E-state index contributed by atoms with van der Waals surface area (Å²) in [5.74, 6) is -1.89. The molecule has 0 aromatic heterocycles. The average Bonchev–Trinajstić information content (AvgIpc) is 3.06. The van der Waals surface area contributed by atoms with Crippen LogP contribution in [0.25, 0.3) is 0 Å². The van der Waals surface area contributed by atoms with Crippen LogP contribution < -0.4 is 5.32 Å². The standard InChI is InChI=1S/C13H14BrF2NO/c14-4-3-13(1-2-13)8-17-12(18)9-5-10(15)7-11(16)6-9/h5-7H,1-4,8H2,(H,17,18). The molecule has 0 aliphatic heterocycles. The number of hydrogen-bond donors (Lipinski definition) is 1. The SMILES string of the molecule is O=C(NCC1(CCBr)CC1)c1cc(F)cc(F)c1. The second-order valence-corrected chi connectivity index (χ2v) is 5.57. The van der Waals surface area contributed by atoms with E-state index in [1.165, 1.54) is 0 Å². The topological polar surface area (TPSA) is 29.1 Å². The Bertz CT molecular complexity index is 440. The van der Waals surface area contributed by atoms with E-state index in [1.807, 2.05) is 0 Å². The Morgan fingerprint density at radius 3 is 2.39 bits per heavy atom. The molecule has 1 amide bonds. The molecule has 0 atom stereocenters. The van der Waals surface area contributed by atoms with Gasteiger partial charge in [0.05, 0.1) is 0 Å². The number of carbonyl (C=O) groups is 1. The molecule has 1 aromatic rings. The maximum atomic E-state index is 13.0. The lowest BCUT2D eigenvalue weighted by atomic mass is 10.0. The van der Waals surface area contributed by atoms with Crippen LogP contribution in [0.2, 0.25) is 0 Å². The summed E-state index contributed by atoms with van der Waals surface area (Å²) in [6.07, 6.45) is 3.19. The number of carbonyl (C=O) groups excluding carboxylic acids is 1. The molecule has 5 heteroatoms. The number of nitrogens with one attached hydrogen (secondary N) is 1. The molecular formula is C13H14BrF2NO. The van der Waals surface area contributed by atoms with E-state index in [0.29, 0.717) is 6.54 Å². The van der Waals surface area contributed by atoms with E-state index in [4.69, 9.17) is 0 Å². The highest BCUT2D eigenvalue weighted by Crippen LogP contribution is 2.48. The monoisotopic (exact) mass is 317 g/mol. The fourth-order valence-electron chi connectivity index (χ4n) is 1.95. The molecule has 0 bridgehead atoms. The predicted octanol–water partition coefficient (Wildman–Crippen LogP) is 3.26. The van der Waals surface area contributed by atoms with E-state index < -0.39 is 17.5 Å². The molecule has 0 heterocycles. The molecule has 0 radical (unpaired) electrons. The normalized spacial score (nSPS) is 16.4. The van der Waals surface area contributed by atoms with E-state index in [0.717, 1.165) is 42.8 Å². The molecule has 1 N–H and O–H groups in total. The fourth-order valence-corrected chi connectivity index (χ4v) is 2.79. The first-order valence-electron chi connectivity index (χ1n) is 5.85. The highest BCUT2D eigenvalue weighted by Gasteiger charge is 2.41. The Morgan fingerprint density at radius 1 is 1.28 bits per heavy atom. The van der Waals surface area contributed by atoms with Crippen molar-refractivity contribution in [3.8, 4) is 0 Å². The highest BCUT2D eigenvalue weighted by molar-refractivity contribution is 9.09. The van der Waals surface area contributed by atoms with Crippen LogP contribution in [0.5, 0.6) is 0 Å². The molecule has 0 spiro atoms. The van der Waals surface area contributed by atoms with Crippen LogP contribution in [0.1, 0.15) is 29.6 Å². The van der Waals surface area contributed by atoms with Crippen LogP contribution in [0, 0.1) is 17.0 Å². The van der Waals surface area contributed by atoms with Crippen molar-refractivity contribution in [2.45, 2.75) is 19.3 Å². The quantitative estimate of drug-likeness (QED) is 0.830. The number of hydrogen-bond acceptors (Lipinski definition) is 1. The van der Waals surface area contributed by atoms with Gasteiger partial charge in [0.15, 0.2) is 0 Å². The molecule has 1 aliphatic carbocycles. The third-order valence-corrected chi connectivity index (χ3v) is 3.73. The molecule has 0 saturated heterocycles. The van der Waals surface area contributed by atoms with Gasteiger partial charge in [0.25, 0.3) is 5.91 Å². The third kappa shape index (κ3) is 3.28. The van der Waals surface area contributed by atoms with Crippen molar-refractivity contribution in [3.05, 3.63) is 35.4 Å². The molecule has 1 saturated carbocycles. The average molecular weight is 318 g/mol. The molecule has 1 fully saturated rings. The Hall–Kier alpha value is -0.970. The van der Waals surface area contributed by atoms with E-state index in [-0.39, 0.29) is 11.0 Å². The van der Waals surface area contributed by atoms with Gasteiger partial charge < -0.3 is 5.32 Å². The van der Waals surface area contributed by atoms with Crippen molar-refractivity contribution in [1.82, 2.24) is 5.32 Å². The minimum atomic E-state index is -0.734. The van der Waals surface area contributed by atoms with Gasteiger partial charge >= 0.3 is 0 Å². The van der Waals surface area contributed by atoms with Gasteiger partial charge in [-0.25, -0.2) is 8.78 Å². The van der Waals surface area contributed by atoms with Crippen LogP contribution in [-0.2, 0) is 0 Å². The summed E-state index contributed by atoms with van der Waals surface area (Å²) in [6.45, 7) is 0.565. The van der Waals surface area contributed by atoms with Gasteiger partial charge in [-0.05, 0) is 36.8 Å². The van der Waals surface area contributed by atoms with Crippen LogP contribution >= 0.6 is 15.9 Å². The zero-order valence-corrected chi connectivity index (χ0v) is 11.4. The number of alkyl halides is 1. The first-order valence-corrected chi connectivity index (χ1v) is 6.97. The summed E-state index contributed by atoms with van der Waals surface area (Å²) in [5, 5.41) is 3.65. The van der Waals surface area contributed by atoms with Crippen molar-refractivity contribution in [1.29, 1.82) is 0 Å². The lowest BCUT2D eigenvalue weighted by Crippen LogP contribution is -2.30. The summed E-state index contributed by atoms with van der Waals surface area (Å²) in [4.78, 5) is 11.8. The van der Waals surface area contributed by atoms with E-state index in [2.05, 4.69) is 21.2 Å². The lowest BCUT2D eigenvalue weighted by Gasteiger charge is -2.14. The smallest absolute Gasteiger partial charge is 0.251 e. The molecule has 2 nitrogen and oxygen atoms in total. The zero-order valence-electron chi connectivity index (χ0n) is 9.81. The lowest BCUT2D eigenvalue weighted by molar-refractivity contribution is 0.0943. The minimum Gasteiger partial charge on any atom is -0.351 e. The number of amides is 1. The summed E-state index contributed by atoms with van der Waals surface area (Å²) in [6, 6.07) is 2.84. The summed E-state index contributed by atoms with van der Waals surface area (Å²) >= 11 is 3.38. The number of rotatable bonds is 5. The zero-order chi connectivity index (χ0) is 13.2. The molecule has 0 unspecified atom stereocenters. The summed E-state index contributed by atoms with van der Waals surface area (Å²) in [7, 11) is 0. The molecule has 1 aromatic carbocycles. The molecule has 98 valence electrons. The number of halogens is 3. The fraction of sp³-hybridized carbons (Fsp3) is 0.462. The molecule has 18 heavy (non-hydrogen) atoms. The van der Waals surface area contributed by atoms with Gasteiger partial charge in [-0.2, -0.15) is 0 Å². The van der Waals surface area contributed by atoms with Gasteiger partial charge in [-0.15, -0.1) is 0 Å². The number of benzene rings is 1. The van der Waals surface area contributed by atoms with Crippen molar-refractivity contribution in [3.63, 3.8) is 0 Å². The second-order valence-electron chi connectivity index (χ2n) is 4.78. The van der Waals surface area contributed by atoms with E-state index in [1.54, 1.807) is 0 Å². The molecule has 1 aliphatic rings. The van der Waals surface area contributed by atoms with Crippen molar-refractivity contribution in [2.24, 2.45) is 5.41 Å². The first-order chi connectivity index (χ1) is 8.54. The molecule has 2 rings (SSSR count). The largest absolute Gasteiger partial charge is 0.351 e. The van der Waals surface area contributed by atoms with Crippen molar-refractivity contribution < 1.29 is 13.6 Å². The maximum absolute atomic E-state index is 13.0. The van der Waals surface area contributed by atoms with Gasteiger partial charge in [0, 0.05) is 23.5 Å². The first kappa shape index (κ1) is 13.5. The Kier molecular flexibility index (Phi) is 4.00. The molecular weight excluding hydrogens is 304 g/mol. The Balaban J connectivity index is 1.95. The van der Waals surface area contributed by atoms with E-state index in [9.17, 15) is 13.6 Å². The third-order valence-electron chi connectivity index (χ3n) is 3.33. The van der Waals surface area contributed by atoms with Crippen molar-refractivity contribution >= 4 is 21.8 Å². The second kappa shape index (κ2) is 5.34. The van der Waals surface area contributed by atoms with Gasteiger partial charge in [0.1, 0.15) is 11.6 Å². The predicted molar refractivity (Wildman–Crippen MR) is 68.8 cm³/mol. The van der Waals surface area contributed by atoms with Crippen LogP contribution in [0.3, 0.4) is 0 Å². The van der Waals surface area contributed by atoms with Crippen LogP contribution in [0.15, 0.2) is 18.2 Å². The highest BCUT2D eigenvalue weighted by atomic mass is 79.9. The van der Waals surface area contributed by atoms with Gasteiger partial charge in [0.2, 0.25) is 0 Å². The van der Waals surface area contributed by atoms with Crippen LogP contribution in [0.4, 0.5) is 8.78 Å². The minimum absolute atomic E-state index is 0.0298. The van der Waals surface area contributed by atoms with E-state index >= 15 is 0 Å². The maximum Gasteiger partial charge on any atom is 0.251 e. The van der Waals surface area contributed by atoms with Gasteiger partial charge in [-0.1, -0.05) is 15.9 Å². The Morgan fingerprint density at radius 2 is 1.89 bits per heavy atom. The van der Waals surface area contributed by atoms with Crippen LogP contribution in [-0.4, -0.2) is 17.8 Å². The summed E-state index contributed by atoms with van der Waals surface area (Å²) in [5.41, 5.74) is 0.215. The summed E-state index contributed by atoms with van der Waals surface area (Å²) < 4.78 is 25.9. The van der Waals surface area contributed by atoms with Gasteiger partial charge in [-0.3, -0.25) is 4.79 Å².